The third-order valence-corrected chi connectivity index (χ3v) is 7.54. The van der Waals surface area contributed by atoms with Gasteiger partial charge in [-0.1, -0.05) is 0 Å². The highest BCUT2D eigenvalue weighted by Crippen LogP contribution is 2.44. The zero-order valence-electron chi connectivity index (χ0n) is 17.8. The SMILES string of the molecule is COc1cc(N2CCC3(CC2)CCN(C2CCNCC2)CC3)c(C)cc1[N+](=O)[O-]. The van der Waals surface area contributed by atoms with Crippen molar-refractivity contribution in [3.63, 3.8) is 0 Å². The largest absolute Gasteiger partial charge is 0.490 e. The second-order valence-corrected chi connectivity index (χ2v) is 9.07. The van der Waals surface area contributed by atoms with E-state index in [4.69, 9.17) is 4.74 Å². The van der Waals surface area contributed by atoms with Gasteiger partial charge in [0.15, 0.2) is 5.75 Å². The summed E-state index contributed by atoms with van der Waals surface area (Å²) in [6.45, 7) is 8.83. The van der Waals surface area contributed by atoms with Crippen LogP contribution in [0.3, 0.4) is 0 Å². The lowest BCUT2D eigenvalue weighted by Gasteiger charge is -2.49. The highest BCUT2D eigenvalue weighted by molar-refractivity contribution is 5.64. The molecule has 3 heterocycles. The van der Waals surface area contributed by atoms with Crippen LogP contribution in [0.25, 0.3) is 0 Å². The molecule has 1 aromatic carbocycles. The van der Waals surface area contributed by atoms with Crippen LogP contribution in [0.1, 0.15) is 44.1 Å². The fourth-order valence-electron chi connectivity index (χ4n) is 5.57. The highest BCUT2D eigenvalue weighted by atomic mass is 16.6. The van der Waals surface area contributed by atoms with Gasteiger partial charge in [0, 0.05) is 37.0 Å². The summed E-state index contributed by atoms with van der Waals surface area (Å²) in [5, 5.41) is 14.7. The number of nitro groups is 1. The normalized spacial score (nSPS) is 23.3. The van der Waals surface area contributed by atoms with Crippen LogP contribution in [0, 0.1) is 22.5 Å². The number of ether oxygens (including phenoxy) is 1. The maximum atomic E-state index is 11.3. The predicted molar refractivity (Wildman–Crippen MR) is 115 cm³/mol. The molecule has 0 radical (unpaired) electrons. The fourth-order valence-corrected chi connectivity index (χ4v) is 5.57. The summed E-state index contributed by atoms with van der Waals surface area (Å²) >= 11 is 0. The van der Waals surface area contributed by atoms with Gasteiger partial charge in [0.25, 0.3) is 0 Å². The predicted octanol–water partition coefficient (Wildman–Crippen LogP) is 3.35. The molecule has 160 valence electrons. The molecular formula is C22H34N4O3. The van der Waals surface area contributed by atoms with Gasteiger partial charge in [0.2, 0.25) is 0 Å². The monoisotopic (exact) mass is 402 g/mol. The molecule has 0 amide bonds. The molecule has 0 aromatic heterocycles. The molecule has 3 saturated heterocycles. The van der Waals surface area contributed by atoms with Crippen LogP contribution < -0.4 is 15.0 Å². The van der Waals surface area contributed by atoms with Crippen LogP contribution in [0.5, 0.6) is 5.75 Å². The van der Waals surface area contributed by atoms with Gasteiger partial charge < -0.3 is 19.9 Å². The van der Waals surface area contributed by atoms with Gasteiger partial charge in [-0.05, 0) is 82.6 Å². The molecule has 0 unspecified atom stereocenters. The van der Waals surface area contributed by atoms with Gasteiger partial charge in [0.05, 0.1) is 12.0 Å². The van der Waals surface area contributed by atoms with Crippen molar-refractivity contribution < 1.29 is 9.66 Å². The Morgan fingerprint density at radius 3 is 2.31 bits per heavy atom. The Kier molecular flexibility index (Phi) is 5.97. The average Bonchev–Trinajstić information content (AvgIpc) is 2.75. The number of hydrogen-bond donors (Lipinski definition) is 1. The van der Waals surface area contributed by atoms with E-state index in [1.807, 2.05) is 13.0 Å². The summed E-state index contributed by atoms with van der Waals surface area (Å²) in [5.41, 5.74) is 2.56. The molecule has 0 saturated carbocycles. The molecule has 3 fully saturated rings. The number of anilines is 1. The highest BCUT2D eigenvalue weighted by Gasteiger charge is 2.39. The number of benzene rings is 1. The number of nitro benzene ring substituents is 1. The molecular weight excluding hydrogens is 368 g/mol. The molecule has 0 atom stereocenters. The van der Waals surface area contributed by atoms with E-state index < -0.39 is 0 Å². The Morgan fingerprint density at radius 1 is 1.10 bits per heavy atom. The van der Waals surface area contributed by atoms with Crippen molar-refractivity contribution in [1.29, 1.82) is 0 Å². The van der Waals surface area contributed by atoms with Crippen molar-refractivity contribution in [1.82, 2.24) is 10.2 Å². The van der Waals surface area contributed by atoms with Gasteiger partial charge in [-0.2, -0.15) is 0 Å². The minimum Gasteiger partial charge on any atom is -0.490 e. The van der Waals surface area contributed by atoms with Crippen LogP contribution in [-0.4, -0.2) is 62.2 Å². The Hall–Kier alpha value is -1.86. The zero-order valence-corrected chi connectivity index (χ0v) is 17.8. The maximum Gasteiger partial charge on any atom is 0.311 e. The topological polar surface area (TPSA) is 70.9 Å². The summed E-state index contributed by atoms with van der Waals surface area (Å²) < 4.78 is 5.29. The van der Waals surface area contributed by atoms with Gasteiger partial charge in [-0.15, -0.1) is 0 Å². The molecule has 1 aromatic rings. The van der Waals surface area contributed by atoms with E-state index in [2.05, 4.69) is 15.1 Å². The van der Waals surface area contributed by atoms with E-state index in [9.17, 15) is 10.1 Å². The van der Waals surface area contributed by atoms with E-state index in [1.54, 1.807) is 6.07 Å². The third kappa shape index (κ3) is 4.21. The molecule has 1 spiro atoms. The lowest BCUT2D eigenvalue weighted by atomic mass is 9.70. The number of nitrogens with zero attached hydrogens (tertiary/aromatic N) is 3. The molecule has 7 nitrogen and oxygen atoms in total. The van der Waals surface area contributed by atoms with Crippen LogP contribution >= 0.6 is 0 Å². The van der Waals surface area contributed by atoms with Crippen LogP contribution in [0.4, 0.5) is 11.4 Å². The number of piperidine rings is 3. The fraction of sp³-hybridized carbons (Fsp3) is 0.727. The number of hydrogen-bond acceptors (Lipinski definition) is 6. The molecule has 0 aliphatic carbocycles. The first-order valence-corrected chi connectivity index (χ1v) is 11.0. The van der Waals surface area contributed by atoms with E-state index in [0.29, 0.717) is 11.2 Å². The van der Waals surface area contributed by atoms with Gasteiger partial charge in [0.1, 0.15) is 0 Å². The van der Waals surface area contributed by atoms with Crippen molar-refractivity contribution in [3.05, 3.63) is 27.8 Å². The Labute approximate surface area is 173 Å². The summed E-state index contributed by atoms with van der Waals surface area (Å²) in [7, 11) is 1.50. The van der Waals surface area contributed by atoms with E-state index in [0.717, 1.165) is 30.4 Å². The first kappa shape index (κ1) is 20.4. The van der Waals surface area contributed by atoms with Crippen LogP contribution in [0.15, 0.2) is 12.1 Å². The molecule has 0 bridgehead atoms. The Bertz CT molecular complexity index is 730. The van der Waals surface area contributed by atoms with Gasteiger partial charge in [-0.25, -0.2) is 0 Å². The molecule has 3 aliphatic heterocycles. The van der Waals surface area contributed by atoms with E-state index in [-0.39, 0.29) is 10.6 Å². The average molecular weight is 403 g/mol. The number of methoxy groups -OCH3 is 1. The number of nitrogens with one attached hydrogen (secondary N) is 1. The zero-order chi connectivity index (χ0) is 20.4. The Morgan fingerprint density at radius 2 is 1.72 bits per heavy atom. The molecule has 29 heavy (non-hydrogen) atoms. The lowest BCUT2D eigenvalue weighted by molar-refractivity contribution is -0.385. The third-order valence-electron chi connectivity index (χ3n) is 7.54. The van der Waals surface area contributed by atoms with Crippen molar-refractivity contribution in [2.75, 3.05) is 51.3 Å². The lowest BCUT2D eigenvalue weighted by Crippen LogP contribution is -2.51. The molecule has 3 aliphatic rings. The quantitative estimate of drug-likeness (QED) is 0.615. The van der Waals surface area contributed by atoms with Crippen LogP contribution in [-0.2, 0) is 0 Å². The number of aryl methyl sites for hydroxylation is 1. The summed E-state index contributed by atoms with van der Waals surface area (Å²) in [5.74, 6) is 0.353. The van der Waals surface area contributed by atoms with Gasteiger partial charge >= 0.3 is 5.69 Å². The molecule has 7 heteroatoms. The standard InChI is InChI=1S/C22H34N4O3/c1-17-15-20(26(27)28)21(29-2)16-19(17)25-13-7-22(8-14-25)5-11-24(12-6-22)18-3-9-23-10-4-18/h15-16,18,23H,3-14H2,1-2H3. The Balaban J connectivity index is 1.38. The minimum atomic E-state index is -0.364. The van der Waals surface area contributed by atoms with Crippen molar-refractivity contribution in [3.8, 4) is 5.75 Å². The van der Waals surface area contributed by atoms with Crippen molar-refractivity contribution in [2.45, 2.75) is 51.5 Å². The first-order valence-electron chi connectivity index (χ1n) is 11.0. The summed E-state index contributed by atoms with van der Waals surface area (Å²) in [6, 6.07) is 4.28. The molecule has 4 rings (SSSR count). The van der Waals surface area contributed by atoms with Crippen molar-refractivity contribution >= 4 is 11.4 Å². The number of likely N-dealkylation sites (tertiary alicyclic amines) is 1. The van der Waals surface area contributed by atoms with Gasteiger partial charge in [-0.3, -0.25) is 10.1 Å². The van der Waals surface area contributed by atoms with Crippen LogP contribution in [0.2, 0.25) is 0 Å². The minimum absolute atomic E-state index is 0.0486. The summed E-state index contributed by atoms with van der Waals surface area (Å²) in [4.78, 5) is 16.0. The smallest absolute Gasteiger partial charge is 0.311 e. The summed E-state index contributed by atoms with van der Waals surface area (Å²) in [6.07, 6.45) is 7.64. The second kappa shape index (κ2) is 8.48. The first-order chi connectivity index (χ1) is 14.0. The molecule has 1 N–H and O–H groups in total. The number of rotatable bonds is 4. The van der Waals surface area contributed by atoms with E-state index in [1.165, 1.54) is 71.8 Å². The maximum absolute atomic E-state index is 11.3. The van der Waals surface area contributed by atoms with E-state index >= 15 is 0 Å². The second-order valence-electron chi connectivity index (χ2n) is 9.07. The van der Waals surface area contributed by atoms with Crippen molar-refractivity contribution in [2.24, 2.45) is 5.41 Å².